The van der Waals surface area contributed by atoms with Crippen molar-refractivity contribution in [3.8, 4) is 11.5 Å². The molecule has 8 heteroatoms. The number of amides is 2. The van der Waals surface area contributed by atoms with Gasteiger partial charge < -0.3 is 24.8 Å². The fourth-order valence-corrected chi connectivity index (χ4v) is 4.03. The highest BCUT2D eigenvalue weighted by Gasteiger charge is 2.22. The van der Waals surface area contributed by atoms with E-state index >= 15 is 0 Å². The molecule has 0 aromatic heterocycles. The molecule has 1 aliphatic rings. The standard InChI is InChI=1S/C27H34N2O6/c1-16(2)26(31)29-22-14-24(34-5)23(33-4)13-21(22)27(32)35-15-25(30)28-17(3)19-11-10-18-8-6-7-9-20(18)12-19/h10-14,16-17H,6-9,15H2,1-5H3,(H,28,30)(H,29,31). The molecule has 2 amide bonds. The summed E-state index contributed by atoms with van der Waals surface area (Å²) in [6.45, 7) is 4.92. The minimum Gasteiger partial charge on any atom is -0.493 e. The maximum absolute atomic E-state index is 12.9. The number of esters is 1. The summed E-state index contributed by atoms with van der Waals surface area (Å²) in [7, 11) is 2.90. The van der Waals surface area contributed by atoms with Gasteiger partial charge in [0, 0.05) is 18.1 Å². The fourth-order valence-electron chi connectivity index (χ4n) is 4.03. The normalized spacial score (nSPS) is 13.4. The number of aryl methyl sites for hydroxylation is 2. The molecule has 1 aliphatic carbocycles. The molecule has 0 saturated heterocycles. The Morgan fingerprint density at radius 1 is 0.914 bits per heavy atom. The van der Waals surface area contributed by atoms with E-state index < -0.39 is 18.5 Å². The number of nitrogens with one attached hydrogen (secondary N) is 2. The summed E-state index contributed by atoms with van der Waals surface area (Å²) in [5.74, 6) is -1.11. The van der Waals surface area contributed by atoms with Crippen LogP contribution in [0.3, 0.4) is 0 Å². The van der Waals surface area contributed by atoms with Crippen LogP contribution >= 0.6 is 0 Å². The smallest absolute Gasteiger partial charge is 0.340 e. The van der Waals surface area contributed by atoms with Crippen LogP contribution in [0.15, 0.2) is 30.3 Å². The van der Waals surface area contributed by atoms with E-state index in [-0.39, 0.29) is 29.1 Å². The molecule has 1 unspecified atom stereocenters. The predicted octanol–water partition coefficient (Wildman–Crippen LogP) is 4.21. The van der Waals surface area contributed by atoms with E-state index in [1.807, 2.05) is 13.0 Å². The second-order valence-corrected chi connectivity index (χ2v) is 9.00. The van der Waals surface area contributed by atoms with Gasteiger partial charge in [0.15, 0.2) is 18.1 Å². The van der Waals surface area contributed by atoms with E-state index in [9.17, 15) is 14.4 Å². The molecule has 2 aromatic carbocycles. The zero-order valence-electron chi connectivity index (χ0n) is 21.0. The van der Waals surface area contributed by atoms with Crippen LogP contribution < -0.4 is 20.1 Å². The Morgan fingerprint density at radius 2 is 1.57 bits per heavy atom. The first-order valence-electron chi connectivity index (χ1n) is 11.9. The summed E-state index contributed by atoms with van der Waals surface area (Å²) in [5, 5.41) is 5.59. The molecule has 0 spiro atoms. The lowest BCUT2D eigenvalue weighted by molar-refractivity contribution is -0.125. The predicted molar refractivity (Wildman–Crippen MR) is 133 cm³/mol. The Morgan fingerprint density at radius 3 is 2.23 bits per heavy atom. The minimum absolute atomic E-state index is 0.0622. The summed E-state index contributed by atoms with van der Waals surface area (Å²) >= 11 is 0. The van der Waals surface area contributed by atoms with Crippen LogP contribution in [0.5, 0.6) is 11.5 Å². The van der Waals surface area contributed by atoms with Gasteiger partial charge in [-0.25, -0.2) is 4.79 Å². The number of hydrogen-bond donors (Lipinski definition) is 2. The molecule has 2 N–H and O–H groups in total. The molecule has 2 aromatic rings. The number of benzene rings is 2. The van der Waals surface area contributed by atoms with Gasteiger partial charge in [-0.3, -0.25) is 9.59 Å². The van der Waals surface area contributed by atoms with Crippen molar-refractivity contribution in [3.63, 3.8) is 0 Å². The van der Waals surface area contributed by atoms with Crippen LogP contribution in [0.2, 0.25) is 0 Å². The number of fused-ring (bicyclic) bond motifs is 1. The molecule has 1 atom stereocenters. The average Bonchev–Trinajstić information content (AvgIpc) is 2.86. The lowest BCUT2D eigenvalue weighted by Gasteiger charge is -2.20. The highest BCUT2D eigenvalue weighted by Crippen LogP contribution is 2.34. The summed E-state index contributed by atoms with van der Waals surface area (Å²) in [6, 6.07) is 9.01. The van der Waals surface area contributed by atoms with Crippen molar-refractivity contribution in [3.05, 3.63) is 52.6 Å². The molecule has 35 heavy (non-hydrogen) atoms. The SMILES string of the molecule is COc1cc(NC(=O)C(C)C)c(C(=O)OCC(=O)NC(C)c2ccc3c(c2)CCCC3)cc1OC. The largest absolute Gasteiger partial charge is 0.493 e. The Hall–Kier alpha value is -3.55. The number of carbonyl (C=O) groups excluding carboxylic acids is 3. The van der Waals surface area contributed by atoms with Gasteiger partial charge in [0.2, 0.25) is 5.91 Å². The Kier molecular flexibility index (Phi) is 8.73. The van der Waals surface area contributed by atoms with E-state index in [1.54, 1.807) is 13.8 Å². The van der Waals surface area contributed by atoms with Crippen molar-refractivity contribution in [2.24, 2.45) is 5.92 Å². The quantitative estimate of drug-likeness (QED) is 0.519. The van der Waals surface area contributed by atoms with E-state index in [1.165, 1.54) is 50.3 Å². The van der Waals surface area contributed by atoms with Crippen molar-refractivity contribution < 1.29 is 28.6 Å². The topological polar surface area (TPSA) is 103 Å². The zero-order valence-corrected chi connectivity index (χ0v) is 21.0. The van der Waals surface area contributed by atoms with E-state index in [0.29, 0.717) is 11.5 Å². The van der Waals surface area contributed by atoms with Crippen molar-refractivity contribution in [2.75, 3.05) is 26.1 Å². The third-order valence-electron chi connectivity index (χ3n) is 6.11. The molecule has 0 fully saturated rings. The van der Waals surface area contributed by atoms with Gasteiger partial charge in [-0.1, -0.05) is 32.0 Å². The summed E-state index contributed by atoms with van der Waals surface area (Å²) < 4.78 is 15.8. The van der Waals surface area contributed by atoms with E-state index in [2.05, 4.69) is 22.8 Å². The second-order valence-electron chi connectivity index (χ2n) is 9.00. The first kappa shape index (κ1) is 26.1. The number of anilines is 1. The second kappa shape index (κ2) is 11.7. The maximum atomic E-state index is 12.9. The van der Waals surface area contributed by atoms with Gasteiger partial charge >= 0.3 is 5.97 Å². The number of ether oxygens (including phenoxy) is 3. The maximum Gasteiger partial charge on any atom is 0.340 e. The highest BCUT2D eigenvalue weighted by atomic mass is 16.5. The van der Waals surface area contributed by atoms with Crippen molar-refractivity contribution in [2.45, 2.75) is 52.5 Å². The summed E-state index contributed by atoms with van der Waals surface area (Å²) in [5.41, 5.74) is 4.01. The Balaban J connectivity index is 1.67. The lowest BCUT2D eigenvalue weighted by atomic mass is 9.89. The van der Waals surface area contributed by atoms with Gasteiger partial charge in [-0.2, -0.15) is 0 Å². The van der Waals surface area contributed by atoms with Gasteiger partial charge in [0.25, 0.3) is 5.91 Å². The minimum atomic E-state index is -0.762. The first-order chi connectivity index (χ1) is 16.7. The van der Waals surface area contributed by atoms with Gasteiger partial charge in [0.1, 0.15) is 0 Å². The first-order valence-corrected chi connectivity index (χ1v) is 11.9. The third kappa shape index (κ3) is 6.53. The molecule has 3 rings (SSSR count). The van der Waals surface area contributed by atoms with Crippen LogP contribution in [-0.2, 0) is 27.2 Å². The monoisotopic (exact) mass is 482 g/mol. The molecule has 0 heterocycles. The van der Waals surface area contributed by atoms with Crippen molar-refractivity contribution in [1.29, 1.82) is 0 Å². The molecule has 0 radical (unpaired) electrons. The van der Waals surface area contributed by atoms with Crippen LogP contribution in [0.4, 0.5) is 5.69 Å². The summed E-state index contributed by atoms with van der Waals surface area (Å²) in [6.07, 6.45) is 4.56. The highest BCUT2D eigenvalue weighted by molar-refractivity contribution is 6.03. The van der Waals surface area contributed by atoms with Crippen LogP contribution in [0, 0.1) is 5.92 Å². The Bertz CT molecular complexity index is 1100. The number of methoxy groups -OCH3 is 2. The number of rotatable bonds is 9. The fraction of sp³-hybridized carbons (Fsp3) is 0.444. The lowest BCUT2D eigenvalue weighted by Crippen LogP contribution is -2.31. The molecule has 8 nitrogen and oxygen atoms in total. The van der Waals surface area contributed by atoms with E-state index in [0.717, 1.165) is 18.4 Å². The van der Waals surface area contributed by atoms with Gasteiger partial charge in [0.05, 0.1) is 31.5 Å². The number of carbonyl (C=O) groups is 3. The molecule has 0 saturated carbocycles. The average molecular weight is 483 g/mol. The van der Waals surface area contributed by atoms with Crippen molar-refractivity contribution in [1.82, 2.24) is 5.32 Å². The third-order valence-corrected chi connectivity index (χ3v) is 6.11. The number of hydrogen-bond acceptors (Lipinski definition) is 6. The Labute approximate surface area is 206 Å². The van der Waals surface area contributed by atoms with Gasteiger partial charge in [-0.05, 0) is 49.3 Å². The molecule has 0 aliphatic heterocycles. The zero-order chi connectivity index (χ0) is 25.5. The van der Waals surface area contributed by atoms with Crippen LogP contribution in [-0.4, -0.2) is 38.6 Å². The van der Waals surface area contributed by atoms with E-state index in [4.69, 9.17) is 14.2 Å². The molecule has 188 valence electrons. The summed E-state index contributed by atoms with van der Waals surface area (Å²) in [4.78, 5) is 37.6. The van der Waals surface area contributed by atoms with Crippen LogP contribution in [0.25, 0.3) is 0 Å². The molecular formula is C27H34N2O6. The van der Waals surface area contributed by atoms with Gasteiger partial charge in [-0.15, -0.1) is 0 Å². The molecular weight excluding hydrogens is 448 g/mol. The molecule has 0 bridgehead atoms. The van der Waals surface area contributed by atoms with Crippen LogP contribution in [0.1, 0.15) is 66.7 Å². The van der Waals surface area contributed by atoms with Crippen molar-refractivity contribution >= 4 is 23.5 Å².